The SMILES string of the molecule is CN(C(=O)C=Cc1ccc2c(c1)OCO2)C1CCCNC1. The molecule has 1 atom stereocenters. The minimum absolute atomic E-state index is 0.0290. The minimum atomic E-state index is 0.0290. The van der Waals surface area contributed by atoms with E-state index in [4.69, 9.17) is 9.47 Å². The molecule has 5 heteroatoms. The van der Waals surface area contributed by atoms with Crippen LogP contribution in [0, 0.1) is 0 Å². The van der Waals surface area contributed by atoms with Gasteiger partial charge in [-0.15, -0.1) is 0 Å². The van der Waals surface area contributed by atoms with E-state index in [1.165, 1.54) is 0 Å². The van der Waals surface area contributed by atoms with Crippen molar-refractivity contribution in [3.8, 4) is 11.5 Å². The summed E-state index contributed by atoms with van der Waals surface area (Å²) in [6.45, 7) is 2.19. The Morgan fingerprint density at radius 1 is 1.38 bits per heavy atom. The number of likely N-dealkylation sites (N-methyl/N-ethyl adjacent to an activating group) is 1. The summed E-state index contributed by atoms with van der Waals surface area (Å²) >= 11 is 0. The van der Waals surface area contributed by atoms with Gasteiger partial charge in [0.15, 0.2) is 11.5 Å². The van der Waals surface area contributed by atoms with Gasteiger partial charge in [-0.25, -0.2) is 0 Å². The van der Waals surface area contributed by atoms with Gasteiger partial charge in [-0.05, 0) is 43.2 Å². The molecular formula is C16H20N2O3. The minimum Gasteiger partial charge on any atom is -0.454 e. The van der Waals surface area contributed by atoms with Gasteiger partial charge in [-0.1, -0.05) is 6.07 Å². The van der Waals surface area contributed by atoms with Gasteiger partial charge < -0.3 is 19.7 Å². The number of rotatable bonds is 3. The summed E-state index contributed by atoms with van der Waals surface area (Å²) < 4.78 is 10.6. The zero-order valence-corrected chi connectivity index (χ0v) is 12.2. The summed E-state index contributed by atoms with van der Waals surface area (Å²) in [5.41, 5.74) is 0.933. The van der Waals surface area contributed by atoms with Crippen molar-refractivity contribution in [3.05, 3.63) is 29.8 Å². The van der Waals surface area contributed by atoms with Gasteiger partial charge in [0.1, 0.15) is 0 Å². The van der Waals surface area contributed by atoms with E-state index in [-0.39, 0.29) is 18.7 Å². The quantitative estimate of drug-likeness (QED) is 0.859. The molecule has 1 aromatic rings. The number of piperidine rings is 1. The molecule has 3 rings (SSSR count). The number of carbonyl (C=O) groups is 1. The first-order valence-electron chi connectivity index (χ1n) is 7.29. The predicted octanol–water partition coefficient (Wildman–Crippen LogP) is 1.64. The number of fused-ring (bicyclic) bond motifs is 1. The lowest BCUT2D eigenvalue weighted by Gasteiger charge is -2.31. The van der Waals surface area contributed by atoms with Crippen LogP contribution in [0.25, 0.3) is 6.08 Å². The van der Waals surface area contributed by atoms with E-state index in [0.29, 0.717) is 0 Å². The Bertz CT molecular complexity index is 550. The molecule has 2 aliphatic heterocycles. The summed E-state index contributed by atoms with van der Waals surface area (Å²) in [5.74, 6) is 1.51. The summed E-state index contributed by atoms with van der Waals surface area (Å²) in [4.78, 5) is 14.0. The van der Waals surface area contributed by atoms with Gasteiger partial charge >= 0.3 is 0 Å². The molecule has 0 aliphatic carbocycles. The van der Waals surface area contributed by atoms with Gasteiger partial charge in [0.25, 0.3) is 0 Å². The lowest BCUT2D eigenvalue weighted by Crippen LogP contribution is -2.46. The Morgan fingerprint density at radius 2 is 2.24 bits per heavy atom. The zero-order chi connectivity index (χ0) is 14.7. The standard InChI is InChI=1S/C16H20N2O3/c1-18(13-3-2-8-17-10-13)16(19)7-5-12-4-6-14-15(9-12)21-11-20-14/h4-7,9,13,17H,2-3,8,10-11H2,1H3. The molecule has 2 aliphatic rings. The fraction of sp³-hybridized carbons (Fsp3) is 0.438. The first-order valence-corrected chi connectivity index (χ1v) is 7.29. The summed E-state index contributed by atoms with van der Waals surface area (Å²) in [7, 11) is 1.87. The third-order valence-electron chi connectivity index (χ3n) is 3.98. The highest BCUT2D eigenvalue weighted by Crippen LogP contribution is 2.32. The van der Waals surface area contributed by atoms with Crippen molar-refractivity contribution in [2.75, 3.05) is 26.9 Å². The third kappa shape index (κ3) is 3.19. The molecule has 1 amide bonds. The van der Waals surface area contributed by atoms with E-state index < -0.39 is 0 Å². The van der Waals surface area contributed by atoms with Crippen molar-refractivity contribution in [1.29, 1.82) is 0 Å². The summed E-state index contributed by atoms with van der Waals surface area (Å²) in [6.07, 6.45) is 5.62. The van der Waals surface area contributed by atoms with E-state index in [2.05, 4.69) is 5.32 Å². The maximum Gasteiger partial charge on any atom is 0.246 e. The highest BCUT2D eigenvalue weighted by molar-refractivity contribution is 5.92. The van der Waals surface area contributed by atoms with Crippen LogP contribution < -0.4 is 14.8 Å². The summed E-state index contributed by atoms with van der Waals surface area (Å²) in [5, 5.41) is 3.32. The van der Waals surface area contributed by atoms with Crippen molar-refractivity contribution >= 4 is 12.0 Å². The molecule has 0 aromatic heterocycles. The van der Waals surface area contributed by atoms with Crippen molar-refractivity contribution in [3.63, 3.8) is 0 Å². The van der Waals surface area contributed by atoms with Crippen molar-refractivity contribution < 1.29 is 14.3 Å². The monoisotopic (exact) mass is 288 g/mol. The molecule has 0 radical (unpaired) electrons. The van der Waals surface area contributed by atoms with Crippen LogP contribution in [0.5, 0.6) is 11.5 Å². The van der Waals surface area contributed by atoms with Gasteiger partial charge in [-0.2, -0.15) is 0 Å². The number of carbonyl (C=O) groups excluding carboxylic acids is 1. The molecule has 0 saturated carbocycles. The number of nitrogens with one attached hydrogen (secondary N) is 1. The molecule has 1 aromatic carbocycles. The number of nitrogens with zero attached hydrogens (tertiary/aromatic N) is 1. The Hall–Kier alpha value is -2.01. The van der Waals surface area contributed by atoms with Crippen LogP contribution in [0.3, 0.4) is 0 Å². The molecule has 1 saturated heterocycles. The Labute approximate surface area is 124 Å². The first kappa shape index (κ1) is 13.9. The van der Waals surface area contributed by atoms with Crippen LogP contribution in [0.2, 0.25) is 0 Å². The van der Waals surface area contributed by atoms with E-state index in [9.17, 15) is 4.79 Å². The second-order valence-electron chi connectivity index (χ2n) is 5.40. The molecule has 112 valence electrons. The predicted molar refractivity (Wildman–Crippen MR) is 80.3 cm³/mol. The van der Waals surface area contributed by atoms with Crippen LogP contribution in [0.4, 0.5) is 0 Å². The van der Waals surface area contributed by atoms with Crippen LogP contribution in [0.15, 0.2) is 24.3 Å². The van der Waals surface area contributed by atoms with E-state index in [1.54, 1.807) is 6.08 Å². The highest BCUT2D eigenvalue weighted by Gasteiger charge is 2.20. The number of amides is 1. The van der Waals surface area contributed by atoms with Gasteiger partial charge in [0.05, 0.1) is 0 Å². The molecule has 2 heterocycles. The fourth-order valence-electron chi connectivity index (χ4n) is 2.65. The topological polar surface area (TPSA) is 50.8 Å². The van der Waals surface area contributed by atoms with Gasteiger partial charge in [-0.3, -0.25) is 4.79 Å². The maximum atomic E-state index is 12.2. The van der Waals surface area contributed by atoms with Crippen LogP contribution >= 0.6 is 0 Å². The Balaban J connectivity index is 1.63. The van der Waals surface area contributed by atoms with Crippen LogP contribution in [0.1, 0.15) is 18.4 Å². The molecule has 0 spiro atoms. The molecule has 1 fully saturated rings. The number of hydrogen-bond donors (Lipinski definition) is 1. The average molecular weight is 288 g/mol. The van der Waals surface area contributed by atoms with Crippen molar-refractivity contribution in [2.45, 2.75) is 18.9 Å². The molecule has 21 heavy (non-hydrogen) atoms. The smallest absolute Gasteiger partial charge is 0.246 e. The number of benzene rings is 1. The molecule has 5 nitrogen and oxygen atoms in total. The first-order chi connectivity index (χ1) is 10.2. The van der Waals surface area contributed by atoms with E-state index in [1.807, 2.05) is 36.2 Å². The van der Waals surface area contributed by atoms with Crippen LogP contribution in [-0.2, 0) is 4.79 Å². The van der Waals surface area contributed by atoms with Crippen molar-refractivity contribution in [1.82, 2.24) is 10.2 Å². The maximum absolute atomic E-state index is 12.2. The van der Waals surface area contributed by atoms with Gasteiger partial charge in [0.2, 0.25) is 12.7 Å². The number of ether oxygens (including phenoxy) is 2. The lowest BCUT2D eigenvalue weighted by molar-refractivity contribution is -0.127. The Morgan fingerprint density at radius 3 is 3.05 bits per heavy atom. The highest BCUT2D eigenvalue weighted by atomic mass is 16.7. The second-order valence-corrected chi connectivity index (χ2v) is 5.40. The van der Waals surface area contributed by atoms with E-state index >= 15 is 0 Å². The third-order valence-corrected chi connectivity index (χ3v) is 3.98. The number of hydrogen-bond acceptors (Lipinski definition) is 4. The van der Waals surface area contributed by atoms with E-state index in [0.717, 1.165) is 43.0 Å². The second kappa shape index (κ2) is 6.18. The molecular weight excluding hydrogens is 268 g/mol. The zero-order valence-electron chi connectivity index (χ0n) is 12.2. The lowest BCUT2D eigenvalue weighted by atomic mass is 10.1. The van der Waals surface area contributed by atoms with Crippen molar-refractivity contribution in [2.24, 2.45) is 0 Å². The van der Waals surface area contributed by atoms with Crippen LogP contribution in [-0.4, -0.2) is 43.8 Å². The van der Waals surface area contributed by atoms with Gasteiger partial charge in [0, 0.05) is 25.7 Å². The fourth-order valence-corrected chi connectivity index (χ4v) is 2.65. The normalized spacial score (nSPS) is 20.7. The molecule has 1 unspecified atom stereocenters. The largest absolute Gasteiger partial charge is 0.454 e. The Kier molecular flexibility index (Phi) is 4.10. The average Bonchev–Trinajstić information content (AvgIpc) is 3.00. The molecule has 0 bridgehead atoms. The molecule has 1 N–H and O–H groups in total. The summed E-state index contributed by atoms with van der Waals surface area (Å²) in [6, 6.07) is 5.95.